The Bertz CT molecular complexity index is 470. The van der Waals surface area contributed by atoms with Crippen molar-refractivity contribution >= 4 is 21.7 Å². The fourth-order valence-corrected chi connectivity index (χ4v) is 3.50. The number of rotatable bonds is 5. The van der Waals surface area contributed by atoms with Crippen molar-refractivity contribution in [2.75, 3.05) is 6.54 Å². The molecule has 4 nitrogen and oxygen atoms in total. The van der Waals surface area contributed by atoms with E-state index in [-0.39, 0.29) is 5.92 Å². The van der Waals surface area contributed by atoms with Gasteiger partial charge >= 0.3 is 0 Å². The molecule has 1 aliphatic carbocycles. The summed E-state index contributed by atoms with van der Waals surface area (Å²) in [4.78, 5) is 12.5. The van der Waals surface area contributed by atoms with Crippen LogP contribution in [0.3, 0.4) is 0 Å². The van der Waals surface area contributed by atoms with Crippen LogP contribution in [0.1, 0.15) is 37.6 Å². The van der Waals surface area contributed by atoms with Gasteiger partial charge in [-0.05, 0) is 55.1 Å². The molecule has 2 rings (SSSR count). The fourth-order valence-electron chi connectivity index (χ4n) is 3.08. The Morgan fingerprint density at radius 3 is 2.89 bits per heavy atom. The Labute approximate surface area is 122 Å². The minimum atomic E-state index is 0.150. The average Bonchev–Trinajstić information content (AvgIpc) is 2.98. The van der Waals surface area contributed by atoms with E-state index in [1.165, 1.54) is 0 Å². The minimum Gasteiger partial charge on any atom is -0.330 e. The molecule has 0 amide bonds. The second-order valence-electron chi connectivity index (χ2n) is 5.34. The van der Waals surface area contributed by atoms with Gasteiger partial charge in [0.05, 0.1) is 15.9 Å². The number of Topliss-reactive ketones (excluding diaryl/α,β-unsaturated/α-hetero) is 1. The third kappa shape index (κ3) is 2.92. The van der Waals surface area contributed by atoms with Crippen LogP contribution in [0.2, 0.25) is 0 Å². The lowest BCUT2D eigenvalue weighted by atomic mass is 9.90. The first kappa shape index (κ1) is 14.7. The van der Waals surface area contributed by atoms with Crippen LogP contribution in [0.15, 0.2) is 4.47 Å². The van der Waals surface area contributed by atoms with E-state index in [0.29, 0.717) is 24.7 Å². The third-order valence-electron chi connectivity index (χ3n) is 4.17. The molecule has 0 aromatic carbocycles. The van der Waals surface area contributed by atoms with Gasteiger partial charge < -0.3 is 5.73 Å². The van der Waals surface area contributed by atoms with E-state index in [1.54, 1.807) is 0 Å². The molecule has 1 heterocycles. The number of carbonyl (C=O) groups is 1. The largest absolute Gasteiger partial charge is 0.330 e. The molecule has 5 heteroatoms. The predicted octanol–water partition coefficient (Wildman–Crippen LogP) is 2.46. The van der Waals surface area contributed by atoms with Crippen LogP contribution in [0, 0.1) is 18.8 Å². The Balaban J connectivity index is 2.15. The lowest BCUT2D eigenvalue weighted by Crippen LogP contribution is -2.27. The number of nitrogens with two attached hydrogens (primary N) is 1. The predicted molar refractivity (Wildman–Crippen MR) is 78.9 cm³/mol. The maximum absolute atomic E-state index is 12.5. The van der Waals surface area contributed by atoms with Crippen molar-refractivity contribution in [3.8, 4) is 0 Å². The Morgan fingerprint density at radius 1 is 1.53 bits per heavy atom. The molecule has 0 saturated heterocycles. The van der Waals surface area contributed by atoms with Crippen LogP contribution in [0.25, 0.3) is 0 Å². The number of ketones is 1. The lowest BCUT2D eigenvalue weighted by Gasteiger charge is -2.16. The number of nitrogens with zero attached hydrogens (tertiary/aromatic N) is 2. The van der Waals surface area contributed by atoms with Crippen molar-refractivity contribution in [3.05, 3.63) is 15.9 Å². The first-order valence-corrected chi connectivity index (χ1v) is 7.82. The van der Waals surface area contributed by atoms with Crippen LogP contribution >= 0.6 is 15.9 Å². The number of carbonyl (C=O) groups excluding carboxylic acids is 1. The molecule has 0 bridgehead atoms. The maximum Gasteiger partial charge on any atom is 0.142 e. The molecule has 0 radical (unpaired) electrons. The first-order valence-electron chi connectivity index (χ1n) is 7.03. The summed E-state index contributed by atoms with van der Waals surface area (Å²) in [6, 6.07) is 0. The number of aromatic nitrogens is 2. The summed E-state index contributed by atoms with van der Waals surface area (Å²) in [5.74, 6) is 0.853. The molecular formula is C14H22BrN3O. The molecule has 1 aromatic rings. The van der Waals surface area contributed by atoms with E-state index >= 15 is 0 Å². The van der Waals surface area contributed by atoms with Crippen LogP contribution < -0.4 is 5.73 Å². The van der Waals surface area contributed by atoms with Gasteiger partial charge in [0.2, 0.25) is 0 Å². The zero-order valence-electron chi connectivity index (χ0n) is 11.7. The highest BCUT2D eigenvalue weighted by Gasteiger charge is 2.32. The number of hydrogen-bond acceptors (Lipinski definition) is 3. The summed E-state index contributed by atoms with van der Waals surface area (Å²) in [5, 5.41) is 4.44. The highest BCUT2D eigenvalue weighted by Crippen LogP contribution is 2.33. The van der Waals surface area contributed by atoms with E-state index in [9.17, 15) is 4.79 Å². The number of hydrogen-bond donors (Lipinski definition) is 1. The molecule has 0 spiro atoms. The smallest absolute Gasteiger partial charge is 0.142 e. The zero-order valence-corrected chi connectivity index (χ0v) is 13.2. The lowest BCUT2D eigenvalue weighted by molar-refractivity contribution is -0.123. The summed E-state index contributed by atoms with van der Waals surface area (Å²) in [5.41, 5.74) is 7.72. The van der Waals surface area contributed by atoms with Crippen LogP contribution in [-0.2, 0) is 17.8 Å². The molecule has 1 saturated carbocycles. The second-order valence-corrected chi connectivity index (χ2v) is 6.13. The summed E-state index contributed by atoms with van der Waals surface area (Å²) in [7, 11) is 0. The molecular weight excluding hydrogens is 306 g/mol. The Kier molecular flexibility index (Phi) is 4.79. The SMILES string of the molecule is CCn1nc(C)c(Br)c1CC(=O)C1CCCC1CN. The molecule has 2 atom stereocenters. The molecule has 19 heavy (non-hydrogen) atoms. The van der Waals surface area contributed by atoms with Gasteiger partial charge in [0.1, 0.15) is 5.78 Å². The van der Waals surface area contributed by atoms with Gasteiger partial charge in [0.15, 0.2) is 0 Å². The maximum atomic E-state index is 12.5. The van der Waals surface area contributed by atoms with Crippen LogP contribution in [-0.4, -0.2) is 22.1 Å². The molecule has 1 fully saturated rings. The molecule has 2 unspecified atom stereocenters. The second kappa shape index (κ2) is 6.18. The normalized spacial score (nSPS) is 22.9. The van der Waals surface area contributed by atoms with E-state index in [1.807, 2.05) is 18.5 Å². The standard InChI is InChI=1S/C14H22BrN3O/c1-3-18-12(14(15)9(2)17-18)7-13(19)11-6-4-5-10(11)8-16/h10-11H,3-8,16H2,1-2H3. The van der Waals surface area contributed by atoms with Crippen LogP contribution in [0.4, 0.5) is 0 Å². The van der Waals surface area contributed by atoms with E-state index < -0.39 is 0 Å². The van der Waals surface area contributed by atoms with E-state index in [0.717, 1.165) is 41.7 Å². The molecule has 0 aliphatic heterocycles. The van der Waals surface area contributed by atoms with Crippen molar-refractivity contribution in [3.63, 3.8) is 0 Å². The topological polar surface area (TPSA) is 60.9 Å². The summed E-state index contributed by atoms with van der Waals surface area (Å²) in [6.07, 6.45) is 3.69. The van der Waals surface area contributed by atoms with Crippen molar-refractivity contribution < 1.29 is 4.79 Å². The Hall–Kier alpha value is -0.680. The minimum absolute atomic E-state index is 0.150. The monoisotopic (exact) mass is 327 g/mol. The van der Waals surface area contributed by atoms with Gasteiger partial charge in [0.25, 0.3) is 0 Å². The fraction of sp³-hybridized carbons (Fsp3) is 0.714. The number of halogens is 1. The van der Waals surface area contributed by atoms with Crippen molar-refractivity contribution in [1.29, 1.82) is 0 Å². The van der Waals surface area contributed by atoms with Crippen LogP contribution in [0.5, 0.6) is 0 Å². The molecule has 1 aliphatic rings. The van der Waals surface area contributed by atoms with Crippen molar-refractivity contribution in [2.45, 2.75) is 46.1 Å². The van der Waals surface area contributed by atoms with Gasteiger partial charge in [-0.1, -0.05) is 6.42 Å². The van der Waals surface area contributed by atoms with Crippen molar-refractivity contribution in [1.82, 2.24) is 9.78 Å². The van der Waals surface area contributed by atoms with Gasteiger partial charge in [-0.2, -0.15) is 5.10 Å². The van der Waals surface area contributed by atoms with E-state index in [4.69, 9.17) is 5.73 Å². The highest BCUT2D eigenvalue weighted by molar-refractivity contribution is 9.10. The molecule has 2 N–H and O–H groups in total. The van der Waals surface area contributed by atoms with Gasteiger partial charge in [-0.3, -0.25) is 9.48 Å². The van der Waals surface area contributed by atoms with Gasteiger partial charge in [0, 0.05) is 18.9 Å². The molecule has 106 valence electrons. The highest BCUT2D eigenvalue weighted by atomic mass is 79.9. The third-order valence-corrected chi connectivity index (χ3v) is 5.20. The van der Waals surface area contributed by atoms with E-state index in [2.05, 4.69) is 21.0 Å². The Morgan fingerprint density at radius 2 is 2.26 bits per heavy atom. The first-order chi connectivity index (χ1) is 9.08. The van der Waals surface area contributed by atoms with Crippen molar-refractivity contribution in [2.24, 2.45) is 17.6 Å². The van der Waals surface area contributed by atoms with Gasteiger partial charge in [-0.15, -0.1) is 0 Å². The summed E-state index contributed by atoms with van der Waals surface area (Å²) < 4.78 is 2.90. The average molecular weight is 328 g/mol. The summed E-state index contributed by atoms with van der Waals surface area (Å²) >= 11 is 3.55. The molecule has 1 aromatic heterocycles. The van der Waals surface area contributed by atoms with Gasteiger partial charge in [-0.25, -0.2) is 0 Å². The summed E-state index contributed by atoms with van der Waals surface area (Å²) in [6.45, 7) is 5.43. The number of aryl methyl sites for hydroxylation is 2. The quantitative estimate of drug-likeness (QED) is 0.903. The zero-order chi connectivity index (χ0) is 14.0.